The molecule has 8 aromatic carbocycles. The Bertz CT molecular complexity index is 3390. The summed E-state index contributed by atoms with van der Waals surface area (Å²) >= 11 is 0. The molecule has 0 saturated heterocycles. The fourth-order valence-corrected chi connectivity index (χ4v) is 10.7. The minimum Gasteiger partial charge on any atom is -0.456 e. The molecule has 1 aliphatic heterocycles. The van der Waals surface area contributed by atoms with Crippen molar-refractivity contribution < 1.29 is 4.42 Å². The van der Waals surface area contributed by atoms with Crippen LogP contribution in [0.25, 0.3) is 83.2 Å². The summed E-state index contributed by atoms with van der Waals surface area (Å²) in [5, 5.41) is 7.62. The number of fused-ring (bicyclic) bond motifs is 7. The predicted octanol–water partition coefficient (Wildman–Crippen LogP) is 14.0. The van der Waals surface area contributed by atoms with Gasteiger partial charge < -0.3 is 14.3 Å². The quantitative estimate of drug-likeness (QED) is 0.170. The minimum absolute atomic E-state index is 0.115. The molecule has 2 aliphatic rings. The highest BCUT2D eigenvalue weighted by molar-refractivity contribution is 6.74. The standard InChI is InChI=1S/C58H47BN2O/c1-57(2)28-29-58(3,4)47-33-41(25-26-46(47)57)60-49-23-15-14-22-42(49)44-34-43(37-18-10-6-11-19-37)54-45-30-39(36-16-8-5-9-17-36)24-27-50(45)61-51-31-40-32-52(38-20-12-7-13-21-38)62-53(40)35-48(51)59-55(44)56(54)61/h5-27,30-35,59-60H,28-29H2,1-4H3. The number of rotatable bonds is 6. The molecule has 0 radical (unpaired) electrons. The van der Waals surface area contributed by atoms with Gasteiger partial charge in [0.1, 0.15) is 11.3 Å². The minimum atomic E-state index is 0.115. The second-order valence-electron chi connectivity index (χ2n) is 18.8. The molecule has 0 saturated carbocycles. The molecular formula is C58H47BN2O. The van der Waals surface area contributed by atoms with Crippen LogP contribution in [0.5, 0.6) is 0 Å². The molecule has 298 valence electrons. The van der Waals surface area contributed by atoms with E-state index in [1.807, 2.05) is 0 Å². The van der Waals surface area contributed by atoms with Crippen molar-refractivity contribution in [1.82, 2.24) is 4.57 Å². The van der Waals surface area contributed by atoms with Crippen molar-refractivity contribution in [3.8, 4) is 50.4 Å². The first-order chi connectivity index (χ1) is 30.2. The van der Waals surface area contributed by atoms with Gasteiger partial charge in [0.2, 0.25) is 0 Å². The topological polar surface area (TPSA) is 30.1 Å². The van der Waals surface area contributed by atoms with Crippen LogP contribution < -0.4 is 16.2 Å². The first kappa shape index (κ1) is 36.8. The van der Waals surface area contributed by atoms with Crippen molar-refractivity contribution >= 4 is 62.4 Å². The van der Waals surface area contributed by atoms with Gasteiger partial charge in [0.25, 0.3) is 0 Å². The van der Waals surface area contributed by atoms with Gasteiger partial charge in [-0.3, -0.25) is 0 Å². The third-order valence-corrected chi connectivity index (χ3v) is 14.1. The van der Waals surface area contributed by atoms with Gasteiger partial charge in [0, 0.05) is 49.9 Å². The van der Waals surface area contributed by atoms with E-state index < -0.39 is 0 Å². The first-order valence-electron chi connectivity index (χ1n) is 22.1. The Kier molecular flexibility index (Phi) is 8.15. The normalized spacial score (nSPS) is 14.7. The number of para-hydroxylation sites is 1. The van der Waals surface area contributed by atoms with Crippen LogP contribution in [0.2, 0.25) is 0 Å². The van der Waals surface area contributed by atoms with Crippen molar-refractivity contribution in [2.24, 2.45) is 0 Å². The van der Waals surface area contributed by atoms with E-state index in [9.17, 15) is 0 Å². The van der Waals surface area contributed by atoms with Crippen LogP contribution in [0.4, 0.5) is 11.4 Å². The highest BCUT2D eigenvalue weighted by Crippen LogP contribution is 2.48. The van der Waals surface area contributed by atoms with Crippen LogP contribution in [0, 0.1) is 0 Å². The van der Waals surface area contributed by atoms with E-state index in [0.717, 1.165) is 40.9 Å². The molecule has 10 aromatic rings. The third kappa shape index (κ3) is 5.81. The molecule has 0 fully saturated rings. The molecule has 0 unspecified atom stereocenters. The fourth-order valence-electron chi connectivity index (χ4n) is 10.7. The number of furan rings is 1. The first-order valence-corrected chi connectivity index (χ1v) is 22.1. The summed E-state index contributed by atoms with van der Waals surface area (Å²) in [6, 6.07) is 64.6. The number of anilines is 2. The van der Waals surface area contributed by atoms with Gasteiger partial charge in [-0.05, 0) is 123 Å². The van der Waals surface area contributed by atoms with Crippen LogP contribution in [-0.2, 0) is 10.8 Å². The lowest BCUT2D eigenvalue weighted by Crippen LogP contribution is -2.37. The molecule has 2 aromatic heterocycles. The number of aromatic nitrogens is 1. The number of hydrogen-bond acceptors (Lipinski definition) is 2. The summed E-state index contributed by atoms with van der Waals surface area (Å²) in [5.74, 6) is 0.886. The lowest BCUT2D eigenvalue weighted by Gasteiger charge is -2.42. The van der Waals surface area contributed by atoms with Crippen molar-refractivity contribution in [2.45, 2.75) is 51.4 Å². The largest absolute Gasteiger partial charge is 0.456 e. The molecule has 4 heteroatoms. The molecule has 1 N–H and O–H groups in total. The average molecular weight is 799 g/mol. The van der Waals surface area contributed by atoms with Gasteiger partial charge in [0.15, 0.2) is 7.28 Å². The molecule has 0 spiro atoms. The van der Waals surface area contributed by atoms with E-state index >= 15 is 0 Å². The summed E-state index contributed by atoms with van der Waals surface area (Å²) < 4.78 is 9.20. The SMILES string of the molecule is CC1(C)CCC(C)(C)c2cc(Nc3ccccc3-c3cc(-c4ccccc4)c4c5cc(-c6ccccc6)ccc5n5c4c3Bc3cc4oc(-c6ccccc6)cc4cc3-5)ccc21. The number of nitrogens with one attached hydrogen (secondary N) is 1. The molecule has 0 amide bonds. The smallest absolute Gasteiger partial charge is 0.198 e. The van der Waals surface area contributed by atoms with Gasteiger partial charge in [-0.2, -0.15) is 0 Å². The van der Waals surface area contributed by atoms with Crippen LogP contribution in [0.1, 0.15) is 51.7 Å². The van der Waals surface area contributed by atoms with Crippen LogP contribution in [0.15, 0.2) is 180 Å². The summed E-state index contributed by atoms with van der Waals surface area (Å²) in [5.41, 5.74) is 21.0. The molecule has 12 rings (SSSR count). The van der Waals surface area contributed by atoms with Gasteiger partial charge in [-0.1, -0.05) is 154 Å². The van der Waals surface area contributed by atoms with E-state index in [4.69, 9.17) is 4.42 Å². The maximum absolute atomic E-state index is 6.64. The van der Waals surface area contributed by atoms with Crippen LogP contribution in [-0.4, -0.2) is 11.8 Å². The Labute approximate surface area is 363 Å². The second kappa shape index (κ2) is 13.7. The average Bonchev–Trinajstić information content (AvgIpc) is 3.88. The van der Waals surface area contributed by atoms with Crippen molar-refractivity contribution in [3.63, 3.8) is 0 Å². The zero-order valence-electron chi connectivity index (χ0n) is 35.7. The zero-order valence-corrected chi connectivity index (χ0v) is 35.7. The lowest BCUT2D eigenvalue weighted by molar-refractivity contribution is 0.332. The van der Waals surface area contributed by atoms with Crippen molar-refractivity contribution in [3.05, 3.63) is 187 Å². The van der Waals surface area contributed by atoms with E-state index in [0.29, 0.717) is 0 Å². The monoisotopic (exact) mass is 798 g/mol. The maximum Gasteiger partial charge on any atom is 0.198 e. The van der Waals surface area contributed by atoms with Crippen molar-refractivity contribution in [1.29, 1.82) is 0 Å². The summed E-state index contributed by atoms with van der Waals surface area (Å²) in [6.07, 6.45) is 2.38. The Hall–Kier alpha value is -7.04. The van der Waals surface area contributed by atoms with Gasteiger partial charge in [-0.15, -0.1) is 0 Å². The predicted molar refractivity (Wildman–Crippen MR) is 264 cm³/mol. The lowest BCUT2D eigenvalue weighted by atomic mass is 9.58. The molecule has 3 nitrogen and oxygen atoms in total. The molecular weight excluding hydrogens is 751 g/mol. The third-order valence-electron chi connectivity index (χ3n) is 14.1. The maximum atomic E-state index is 6.64. The fraction of sp³-hybridized carbons (Fsp3) is 0.138. The van der Waals surface area contributed by atoms with Gasteiger partial charge in [0.05, 0.1) is 5.52 Å². The summed E-state index contributed by atoms with van der Waals surface area (Å²) in [6.45, 7) is 9.61. The van der Waals surface area contributed by atoms with Gasteiger partial charge >= 0.3 is 0 Å². The highest BCUT2D eigenvalue weighted by Gasteiger charge is 2.37. The number of nitrogens with zero attached hydrogens (tertiary/aromatic N) is 1. The Morgan fingerprint density at radius 2 is 1.23 bits per heavy atom. The Morgan fingerprint density at radius 3 is 1.98 bits per heavy atom. The Morgan fingerprint density at radius 1 is 0.548 bits per heavy atom. The zero-order chi connectivity index (χ0) is 41.7. The van der Waals surface area contributed by atoms with E-state index in [1.165, 1.54) is 95.8 Å². The molecule has 3 heterocycles. The highest BCUT2D eigenvalue weighted by atomic mass is 16.3. The van der Waals surface area contributed by atoms with Gasteiger partial charge in [-0.25, -0.2) is 0 Å². The van der Waals surface area contributed by atoms with Crippen LogP contribution >= 0.6 is 0 Å². The van der Waals surface area contributed by atoms with Crippen molar-refractivity contribution in [2.75, 3.05) is 5.32 Å². The van der Waals surface area contributed by atoms with E-state index in [1.54, 1.807) is 0 Å². The molecule has 0 bridgehead atoms. The van der Waals surface area contributed by atoms with E-state index in [-0.39, 0.29) is 10.8 Å². The molecule has 62 heavy (non-hydrogen) atoms. The molecule has 1 aliphatic carbocycles. The number of hydrogen-bond donors (Lipinski definition) is 1. The molecule has 0 atom stereocenters. The summed E-state index contributed by atoms with van der Waals surface area (Å²) in [4.78, 5) is 0. The van der Waals surface area contributed by atoms with Crippen LogP contribution in [0.3, 0.4) is 0 Å². The summed E-state index contributed by atoms with van der Waals surface area (Å²) in [7, 11) is 0.770. The second-order valence-corrected chi connectivity index (χ2v) is 18.8. The Balaban J connectivity index is 1.12. The number of benzene rings is 8. The van der Waals surface area contributed by atoms with E-state index in [2.05, 4.69) is 214 Å².